The summed E-state index contributed by atoms with van der Waals surface area (Å²) >= 11 is 0. The Morgan fingerprint density at radius 1 is 1.27 bits per heavy atom. The van der Waals surface area contributed by atoms with Crippen molar-refractivity contribution in [3.8, 4) is 11.5 Å². The Kier molecular flexibility index (Phi) is 2.29. The van der Waals surface area contributed by atoms with E-state index in [4.69, 9.17) is 0 Å². The zero-order chi connectivity index (χ0) is 10.8. The van der Waals surface area contributed by atoms with Crippen LogP contribution in [0.5, 0.6) is 11.5 Å². The van der Waals surface area contributed by atoms with Crippen LogP contribution in [0.25, 0.3) is 0 Å². The molecule has 5 nitrogen and oxygen atoms in total. The van der Waals surface area contributed by atoms with Crippen molar-refractivity contribution >= 4 is 11.6 Å². The summed E-state index contributed by atoms with van der Waals surface area (Å²) in [5.74, 6) is -0.0384. The van der Waals surface area contributed by atoms with Crippen molar-refractivity contribution in [1.29, 1.82) is 0 Å². The highest BCUT2D eigenvalue weighted by Gasteiger charge is 2.16. The second-order valence-electron chi connectivity index (χ2n) is 3.29. The Morgan fingerprint density at radius 3 is 2.73 bits per heavy atom. The molecule has 15 heavy (non-hydrogen) atoms. The number of hydrazone groups is 1. The highest BCUT2D eigenvalue weighted by molar-refractivity contribution is 6.06. The lowest BCUT2D eigenvalue weighted by atomic mass is 10.0. The van der Waals surface area contributed by atoms with E-state index in [1.54, 1.807) is 0 Å². The Bertz CT molecular complexity index is 440. The molecule has 1 heterocycles. The van der Waals surface area contributed by atoms with E-state index in [0.29, 0.717) is 24.1 Å². The van der Waals surface area contributed by atoms with Gasteiger partial charge >= 0.3 is 0 Å². The fourth-order valence-corrected chi connectivity index (χ4v) is 1.42. The smallest absolute Gasteiger partial charge is 0.240 e. The quantitative estimate of drug-likeness (QED) is 0.592. The first kappa shape index (κ1) is 9.51. The number of nitrogens with zero attached hydrogens (tertiary/aromatic N) is 1. The van der Waals surface area contributed by atoms with Crippen molar-refractivity contribution < 1.29 is 15.0 Å². The molecule has 1 amide bonds. The summed E-state index contributed by atoms with van der Waals surface area (Å²) in [6.07, 6.45) is 0.802. The van der Waals surface area contributed by atoms with Gasteiger partial charge in [-0.15, -0.1) is 0 Å². The SMILES string of the molecule is O=C1CCC(c2cc(O)ccc2O)=NN1. The van der Waals surface area contributed by atoms with E-state index >= 15 is 0 Å². The Balaban J connectivity index is 2.37. The number of rotatable bonds is 1. The maximum absolute atomic E-state index is 10.9. The van der Waals surface area contributed by atoms with E-state index in [1.807, 2.05) is 0 Å². The molecule has 3 N–H and O–H groups in total. The van der Waals surface area contributed by atoms with Crippen molar-refractivity contribution in [3.05, 3.63) is 23.8 Å². The van der Waals surface area contributed by atoms with Crippen LogP contribution in [-0.4, -0.2) is 21.8 Å². The average Bonchev–Trinajstić information content (AvgIpc) is 2.23. The molecule has 2 rings (SSSR count). The number of phenolic OH excluding ortho intramolecular Hbond substituents is 2. The van der Waals surface area contributed by atoms with Gasteiger partial charge in [0.2, 0.25) is 5.91 Å². The summed E-state index contributed by atoms with van der Waals surface area (Å²) in [6, 6.07) is 4.20. The minimum absolute atomic E-state index is 0.0442. The van der Waals surface area contributed by atoms with Gasteiger partial charge in [-0.2, -0.15) is 5.10 Å². The fourth-order valence-electron chi connectivity index (χ4n) is 1.42. The number of phenols is 2. The van der Waals surface area contributed by atoms with Crippen LogP contribution in [0.3, 0.4) is 0 Å². The third kappa shape index (κ3) is 1.90. The van der Waals surface area contributed by atoms with Gasteiger partial charge in [-0.25, -0.2) is 5.43 Å². The topological polar surface area (TPSA) is 81.9 Å². The van der Waals surface area contributed by atoms with Crippen molar-refractivity contribution in [2.45, 2.75) is 12.8 Å². The number of nitrogens with one attached hydrogen (secondary N) is 1. The highest BCUT2D eigenvalue weighted by atomic mass is 16.3. The lowest BCUT2D eigenvalue weighted by Crippen LogP contribution is -2.25. The van der Waals surface area contributed by atoms with E-state index in [2.05, 4.69) is 10.5 Å². The summed E-state index contributed by atoms with van der Waals surface area (Å²) in [5.41, 5.74) is 3.36. The van der Waals surface area contributed by atoms with Crippen LogP contribution in [0.2, 0.25) is 0 Å². The summed E-state index contributed by atoms with van der Waals surface area (Å²) in [6.45, 7) is 0. The average molecular weight is 206 g/mol. The molecule has 0 saturated heterocycles. The molecule has 0 aliphatic carbocycles. The van der Waals surface area contributed by atoms with E-state index < -0.39 is 0 Å². The second-order valence-corrected chi connectivity index (χ2v) is 3.29. The number of amides is 1. The summed E-state index contributed by atoms with van der Waals surface area (Å²) in [4.78, 5) is 10.9. The van der Waals surface area contributed by atoms with Gasteiger partial charge in [-0.1, -0.05) is 0 Å². The van der Waals surface area contributed by atoms with Gasteiger partial charge in [0.05, 0.1) is 5.71 Å². The van der Waals surface area contributed by atoms with Crippen LogP contribution in [0.1, 0.15) is 18.4 Å². The number of benzene rings is 1. The molecule has 0 saturated carbocycles. The number of carbonyl (C=O) groups excluding carboxylic acids is 1. The molecule has 78 valence electrons. The van der Waals surface area contributed by atoms with Gasteiger partial charge < -0.3 is 10.2 Å². The predicted octanol–water partition coefficient (Wildman–Crippen LogP) is 0.712. The molecule has 1 aliphatic heterocycles. The number of hydrogen-bond donors (Lipinski definition) is 3. The molecule has 0 atom stereocenters. The van der Waals surface area contributed by atoms with Crippen LogP contribution < -0.4 is 5.43 Å². The lowest BCUT2D eigenvalue weighted by molar-refractivity contribution is -0.121. The summed E-state index contributed by atoms with van der Waals surface area (Å²) in [7, 11) is 0. The van der Waals surface area contributed by atoms with E-state index in [0.717, 1.165) is 0 Å². The van der Waals surface area contributed by atoms with Crippen molar-refractivity contribution in [3.63, 3.8) is 0 Å². The Hall–Kier alpha value is -2.04. The van der Waals surface area contributed by atoms with Gasteiger partial charge in [0.25, 0.3) is 0 Å². The lowest BCUT2D eigenvalue weighted by Gasteiger charge is -2.13. The maximum atomic E-state index is 10.9. The third-order valence-electron chi connectivity index (χ3n) is 2.20. The molecule has 5 heteroatoms. The van der Waals surface area contributed by atoms with Crippen molar-refractivity contribution in [2.75, 3.05) is 0 Å². The first-order valence-corrected chi connectivity index (χ1v) is 4.54. The van der Waals surface area contributed by atoms with Crippen molar-refractivity contribution in [1.82, 2.24) is 5.43 Å². The van der Waals surface area contributed by atoms with E-state index in [1.165, 1.54) is 18.2 Å². The molecule has 1 aromatic rings. The van der Waals surface area contributed by atoms with Gasteiger partial charge in [0.1, 0.15) is 11.5 Å². The minimum atomic E-state index is -0.140. The highest BCUT2D eigenvalue weighted by Crippen LogP contribution is 2.24. The van der Waals surface area contributed by atoms with Gasteiger partial charge in [0.15, 0.2) is 0 Å². The predicted molar refractivity (Wildman–Crippen MR) is 53.7 cm³/mol. The second kappa shape index (κ2) is 3.61. The monoisotopic (exact) mass is 206 g/mol. The minimum Gasteiger partial charge on any atom is -0.508 e. The zero-order valence-electron chi connectivity index (χ0n) is 7.90. The van der Waals surface area contributed by atoms with Crippen LogP contribution in [0, 0.1) is 0 Å². The zero-order valence-corrected chi connectivity index (χ0v) is 7.90. The summed E-state index contributed by atoms with van der Waals surface area (Å²) in [5, 5.41) is 22.6. The first-order valence-electron chi connectivity index (χ1n) is 4.54. The van der Waals surface area contributed by atoms with Crippen LogP contribution in [0.15, 0.2) is 23.3 Å². The van der Waals surface area contributed by atoms with Crippen LogP contribution in [0.4, 0.5) is 0 Å². The normalized spacial score (nSPS) is 15.7. The molecule has 0 spiro atoms. The van der Waals surface area contributed by atoms with Gasteiger partial charge in [-0.3, -0.25) is 4.79 Å². The number of carbonyl (C=O) groups is 1. The van der Waals surface area contributed by atoms with Gasteiger partial charge in [-0.05, 0) is 18.2 Å². The number of aromatic hydroxyl groups is 2. The molecule has 0 unspecified atom stereocenters. The molecule has 0 fully saturated rings. The Labute approximate surface area is 86.1 Å². The first-order chi connectivity index (χ1) is 7.16. The summed E-state index contributed by atoms with van der Waals surface area (Å²) < 4.78 is 0. The molecule has 0 radical (unpaired) electrons. The molecule has 0 bridgehead atoms. The van der Waals surface area contributed by atoms with Crippen molar-refractivity contribution in [2.24, 2.45) is 5.10 Å². The maximum Gasteiger partial charge on any atom is 0.240 e. The molecule has 1 aliphatic rings. The van der Waals surface area contributed by atoms with Gasteiger partial charge in [0, 0.05) is 18.4 Å². The largest absolute Gasteiger partial charge is 0.508 e. The standard InChI is InChI=1S/C10H10N2O3/c13-6-1-3-9(14)7(5-6)8-2-4-10(15)12-11-8/h1,3,5,13-14H,2,4H2,(H,12,15). The fraction of sp³-hybridized carbons (Fsp3) is 0.200. The third-order valence-corrected chi connectivity index (χ3v) is 2.20. The molecular weight excluding hydrogens is 196 g/mol. The van der Waals surface area contributed by atoms with E-state index in [-0.39, 0.29) is 17.4 Å². The Morgan fingerprint density at radius 2 is 2.07 bits per heavy atom. The molecular formula is C10H10N2O3. The molecule has 0 aromatic heterocycles. The van der Waals surface area contributed by atoms with Crippen LogP contribution in [-0.2, 0) is 4.79 Å². The van der Waals surface area contributed by atoms with Crippen LogP contribution >= 0.6 is 0 Å². The molecule has 1 aromatic carbocycles. The van der Waals surface area contributed by atoms with E-state index in [9.17, 15) is 15.0 Å². The number of hydrogen-bond acceptors (Lipinski definition) is 4.